The Labute approximate surface area is 236 Å². The molecule has 0 bridgehead atoms. The Hall–Kier alpha value is -4.59. The number of rotatable bonds is 8. The number of anilines is 1. The smallest absolute Gasteiger partial charge is 0.451 e. The van der Waals surface area contributed by atoms with E-state index in [0.29, 0.717) is 0 Å². The lowest BCUT2D eigenvalue weighted by molar-refractivity contribution is -0.144. The van der Waals surface area contributed by atoms with Crippen LogP contribution >= 0.6 is 0 Å². The van der Waals surface area contributed by atoms with Gasteiger partial charge in [0.25, 0.3) is 0 Å². The summed E-state index contributed by atoms with van der Waals surface area (Å²) in [4.78, 5) is 36.7. The molecule has 3 heterocycles. The lowest BCUT2D eigenvalue weighted by Gasteiger charge is -2.19. The molecule has 0 saturated carbocycles. The molecule has 1 aliphatic heterocycles. The first-order valence-electron chi connectivity index (χ1n) is 12.9. The molecule has 4 aromatic rings. The van der Waals surface area contributed by atoms with Crippen LogP contribution in [-0.4, -0.2) is 62.5 Å². The van der Waals surface area contributed by atoms with Crippen LogP contribution in [0.5, 0.6) is 0 Å². The van der Waals surface area contributed by atoms with Gasteiger partial charge in [0.15, 0.2) is 35.5 Å². The Morgan fingerprint density at radius 1 is 1.00 bits per heavy atom. The summed E-state index contributed by atoms with van der Waals surface area (Å²) in [6.45, 7) is 2.87. The van der Waals surface area contributed by atoms with E-state index < -0.39 is 55.2 Å². The second kappa shape index (κ2) is 11.7. The van der Waals surface area contributed by atoms with Crippen LogP contribution in [0.3, 0.4) is 0 Å². The molecule has 42 heavy (non-hydrogen) atoms. The molecule has 2 aromatic heterocycles. The van der Waals surface area contributed by atoms with E-state index in [1.165, 1.54) is 24.3 Å². The number of hydrogen-bond acceptors (Lipinski definition) is 9. The van der Waals surface area contributed by atoms with Crippen molar-refractivity contribution in [3.05, 3.63) is 83.9 Å². The highest BCUT2D eigenvalue weighted by molar-refractivity contribution is 5.90. The molecular formula is C28H25F4N5O5. The summed E-state index contributed by atoms with van der Waals surface area (Å²) < 4.78 is 74.7. The Kier molecular flexibility index (Phi) is 8.07. The van der Waals surface area contributed by atoms with Gasteiger partial charge in [-0.1, -0.05) is 36.4 Å². The van der Waals surface area contributed by atoms with E-state index in [9.17, 15) is 22.8 Å². The van der Waals surface area contributed by atoms with Crippen LogP contribution in [-0.2, 0) is 20.4 Å². The van der Waals surface area contributed by atoms with E-state index in [-0.39, 0.29) is 34.2 Å². The summed E-state index contributed by atoms with van der Waals surface area (Å²) in [5.41, 5.74) is -0.0514. The molecule has 1 saturated heterocycles. The van der Waals surface area contributed by atoms with Crippen LogP contribution in [0, 0.1) is 0 Å². The molecule has 14 heteroatoms. The third-order valence-electron chi connectivity index (χ3n) is 6.28. The standard InChI is InChI=1S/C28H25F4N5O5/c1-15(2)34-22-20-23(36-27(35-22)28(30,31)32)37(14-33-20)24-19(29)21(42-26(39)17-11-7-4-8-12-17)18(41-24)13-40-25(38)16-9-5-3-6-10-16/h3-12,14-15,18-19,21,24H,13H2,1-2H3,(H,34,35,36)/t18-,19+,21-,24-/m1/s1. The van der Waals surface area contributed by atoms with Crippen molar-refractivity contribution in [2.45, 2.75) is 50.7 Å². The average molecular weight is 588 g/mol. The number of nitrogens with one attached hydrogen (secondary N) is 1. The number of fused-ring (bicyclic) bond motifs is 1. The fourth-order valence-corrected chi connectivity index (χ4v) is 4.38. The average Bonchev–Trinajstić information content (AvgIpc) is 3.52. The first kappa shape index (κ1) is 28.9. The molecule has 10 nitrogen and oxygen atoms in total. The summed E-state index contributed by atoms with van der Waals surface area (Å²) in [7, 11) is 0. The van der Waals surface area contributed by atoms with Crippen molar-refractivity contribution < 1.29 is 41.4 Å². The van der Waals surface area contributed by atoms with E-state index in [1.807, 2.05) is 0 Å². The number of aromatic nitrogens is 4. The van der Waals surface area contributed by atoms with Gasteiger partial charge in [-0.3, -0.25) is 4.57 Å². The highest BCUT2D eigenvalue weighted by Crippen LogP contribution is 2.38. The van der Waals surface area contributed by atoms with Gasteiger partial charge in [0.1, 0.15) is 12.7 Å². The van der Waals surface area contributed by atoms with Crippen LogP contribution in [0.4, 0.5) is 23.4 Å². The first-order valence-corrected chi connectivity index (χ1v) is 12.9. The summed E-state index contributed by atoms with van der Waals surface area (Å²) >= 11 is 0. The molecule has 0 amide bonds. The van der Waals surface area contributed by atoms with Crippen LogP contribution in [0.25, 0.3) is 11.2 Å². The molecule has 0 spiro atoms. The largest absolute Gasteiger partial charge is 0.459 e. The third-order valence-corrected chi connectivity index (χ3v) is 6.28. The van der Waals surface area contributed by atoms with Gasteiger partial charge in [-0.15, -0.1) is 0 Å². The molecule has 1 N–H and O–H groups in total. The summed E-state index contributed by atoms with van der Waals surface area (Å²) in [6, 6.07) is 15.5. The van der Waals surface area contributed by atoms with E-state index >= 15 is 4.39 Å². The van der Waals surface area contributed by atoms with E-state index in [4.69, 9.17) is 14.2 Å². The molecule has 0 radical (unpaired) electrons. The normalized spacial score (nSPS) is 20.5. The van der Waals surface area contributed by atoms with Crippen LogP contribution < -0.4 is 5.32 Å². The zero-order valence-corrected chi connectivity index (χ0v) is 22.3. The van der Waals surface area contributed by atoms with Gasteiger partial charge in [0, 0.05) is 6.04 Å². The molecule has 2 aromatic carbocycles. The maximum atomic E-state index is 16.1. The lowest BCUT2D eigenvalue weighted by Crippen LogP contribution is -2.37. The molecular weight excluding hydrogens is 562 g/mol. The van der Waals surface area contributed by atoms with E-state index in [2.05, 4.69) is 20.3 Å². The van der Waals surface area contributed by atoms with Crippen molar-refractivity contribution in [3.8, 4) is 0 Å². The quantitative estimate of drug-likeness (QED) is 0.225. The van der Waals surface area contributed by atoms with E-state index in [1.54, 1.807) is 50.2 Å². The van der Waals surface area contributed by atoms with Crippen molar-refractivity contribution in [1.82, 2.24) is 19.5 Å². The molecule has 5 rings (SSSR count). The number of ether oxygens (including phenoxy) is 3. The molecule has 4 atom stereocenters. The first-order chi connectivity index (χ1) is 20.0. The summed E-state index contributed by atoms with van der Waals surface area (Å²) in [5, 5.41) is 2.80. The number of carbonyl (C=O) groups excluding carboxylic acids is 2. The zero-order chi connectivity index (χ0) is 30.0. The third kappa shape index (κ3) is 6.03. The predicted octanol–water partition coefficient (Wildman–Crippen LogP) is 4.98. The Morgan fingerprint density at radius 3 is 2.21 bits per heavy atom. The highest BCUT2D eigenvalue weighted by atomic mass is 19.4. The fraction of sp³-hybridized carbons (Fsp3) is 0.321. The number of hydrogen-bond donors (Lipinski definition) is 1. The molecule has 1 aliphatic rings. The van der Waals surface area contributed by atoms with Crippen molar-refractivity contribution in [2.24, 2.45) is 0 Å². The SMILES string of the molecule is CC(C)Nc1nc(C(F)(F)F)nc2c1ncn2[C@@H]1O[C@H](COC(=O)c2ccccc2)[C@@H](OC(=O)c2ccccc2)[C@@H]1F. The Bertz CT molecular complexity index is 1570. The number of alkyl halides is 4. The Balaban J connectivity index is 1.48. The number of halogens is 4. The summed E-state index contributed by atoms with van der Waals surface area (Å²) in [5.74, 6) is -3.26. The molecule has 1 fully saturated rings. The van der Waals surface area contributed by atoms with Crippen LogP contribution in [0.1, 0.15) is 46.6 Å². The van der Waals surface area contributed by atoms with Crippen molar-refractivity contribution in [1.29, 1.82) is 0 Å². The van der Waals surface area contributed by atoms with Crippen LogP contribution in [0.15, 0.2) is 67.0 Å². The van der Waals surface area contributed by atoms with Gasteiger partial charge >= 0.3 is 18.1 Å². The maximum Gasteiger partial charge on any atom is 0.451 e. The van der Waals surface area contributed by atoms with Crippen molar-refractivity contribution in [2.75, 3.05) is 11.9 Å². The molecule has 0 unspecified atom stereocenters. The van der Waals surface area contributed by atoms with Gasteiger partial charge in [0.2, 0.25) is 5.82 Å². The monoisotopic (exact) mass is 587 g/mol. The minimum atomic E-state index is -4.91. The van der Waals surface area contributed by atoms with Crippen molar-refractivity contribution in [3.63, 3.8) is 0 Å². The Morgan fingerprint density at radius 2 is 1.62 bits per heavy atom. The second-order valence-corrected chi connectivity index (χ2v) is 9.73. The number of carbonyl (C=O) groups is 2. The lowest BCUT2D eigenvalue weighted by atomic mass is 10.1. The highest BCUT2D eigenvalue weighted by Gasteiger charge is 2.50. The fourth-order valence-electron chi connectivity index (χ4n) is 4.38. The topological polar surface area (TPSA) is 117 Å². The van der Waals surface area contributed by atoms with Gasteiger partial charge in [-0.05, 0) is 38.1 Å². The van der Waals surface area contributed by atoms with Gasteiger partial charge in [-0.25, -0.2) is 28.9 Å². The van der Waals surface area contributed by atoms with Gasteiger partial charge in [0.05, 0.1) is 17.5 Å². The minimum absolute atomic E-state index is 0.0516. The number of nitrogens with zero attached hydrogens (tertiary/aromatic N) is 4. The van der Waals surface area contributed by atoms with Crippen LogP contribution in [0.2, 0.25) is 0 Å². The number of esters is 2. The van der Waals surface area contributed by atoms with E-state index in [0.717, 1.165) is 10.9 Å². The molecule has 220 valence electrons. The summed E-state index contributed by atoms with van der Waals surface area (Å²) in [6.07, 6.45) is -10.5. The maximum absolute atomic E-state index is 16.1. The van der Waals surface area contributed by atoms with Gasteiger partial charge in [-0.2, -0.15) is 13.2 Å². The minimum Gasteiger partial charge on any atom is -0.459 e. The second-order valence-electron chi connectivity index (χ2n) is 9.73. The number of benzene rings is 2. The van der Waals surface area contributed by atoms with Gasteiger partial charge < -0.3 is 19.5 Å². The molecule has 0 aliphatic carbocycles. The zero-order valence-electron chi connectivity index (χ0n) is 22.3. The predicted molar refractivity (Wildman–Crippen MR) is 140 cm³/mol. The number of imidazole rings is 1. The van der Waals surface area contributed by atoms with Crippen molar-refractivity contribution >= 4 is 28.9 Å².